The largest absolute Gasteiger partial charge is 0.491 e. The second-order valence-corrected chi connectivity index (χ2v) is 9.94. The van der Waals surface area contributed by atoms with Gasteiger partial charge in [-0.25, -0.2) is 0 Å². The molecule has 0 bridgehead atoms. The molecule has 3 aromatic rings. The molecule has 15 heteroatoms. The van der Waals surface area contributed by atoms with Crippen molar-refractivity contribution < 1.29 is 38.1 Å². The molecule has 4 rings (SSSR count). The van der Waals surface area contributed by atoms with Crippen LogP contribution < -0.4 is 26.2 Å². The highest BCUT2D eigenvalue weighted by Gasteiger charge is 2.30. The Hall–Kier alpha value is -4.44. The van der Waals surface area contributed by atoms with Gasteiger partial charge in [0.25, 0.3) is 11.5 Å². The summed E-state index contributed by atoms with van der Waals surface area (Å²) < 4.78 is 28.7. The molecule has 1 saturated heterocycles. The van der Waals surface area contributed by atoms with E-state index in [1.54, 1.807) is 42.5 Å². The van der Waals surface area contributed by atoms with Gasteiger partial charge in [-0.15, -0.1) is 5.10 Å². The van der Waals surface area contributed by atoms with E-state index < -0.39 is 17.5 Å². The number of imide groups is 1. The smallest absolute Gasteiger partial charge is 0.280 e. The van der Waals surface area contributed by atoms with Gasteiger partial charge < -0.3 is 34.3 Å². The summed E-state index contributed by atoms with van der Waals surface area (Å²) in [6.07, 6.45) is 0.317. The Labute approximate surface area is 259 Å². The lowest BCUT2D eigenvalue weighted by molar-refractivity contribution is -0.136. The summed E-state index contributed by atoms with van der Waals surface area (Å²) in [7, 11) is 0. The third kappa shape index (κ3) is 10.6. The normalized spacial score (nSPS) is 14.7. The zero-order chi connectivity index (χ0) is 31.9. The minimum atomic E-state index is -0.887. The fourth-order valence-electron chi connectivity index (χ4n) is 4.44. The highest BCUT2D eigenvalue weighted by molar-refractivity contribution is 5.99. The van der Waals surface area contributed by atoms with E-state index in [1.165, 1.54) is 6.92 Å². The molecule has 2 heterocycles. The van der Waals surface area contributed by atoms with Crippen molar-refractivity contribution in [2.45, 2.75) is 25.8 Å². The Bertz CT molecular complexity index is 1480. The molecule has 1 aliphatic rings. The number of hydrogen-bond donors (Lipinski definition) is 3. The number of carbonyl (C=O) groups excluding carboxylic acids is 3. The molecule has 2 aromatic carbocycles. The van der Waals surface area contributed by atoms with Crippen LogP contribution in [0, 0.1) is 0 Å². The molecule has 1 atom stereocenters. The van der Waals surface area contributed by atoms with E-state index in [2.05, 4.69) is 26.3 Å². The number of fused-ring (bicyclic) bond motifs is 1. The maximum Gasteiger partial charge on any atom is 0.280 e. The Morgan fingerprint density at radius 1 is 0.889 bits per heavy atom. The van der Waals surface area contributed by atoms with E-state index in [0.717, 1.165) is 4.68 Å². The third-order valence-electron chi connectivity index (χ3n) is 6.57. The molecule has 0 radical (unpaired) electrons. The Balaban J connectivity index is 1.01. The highest BCUT2D eigenvalue weighted by atomic mass is 16.6. The molecular weight excluding hydrogens is 588 g/mol. The first kappa shape index (κ1) is 33.5. The molecule has 0 saturated carbocycles. The van der Waals surface area contributed by atoms with Gasteiger partial charge in [-0.2, -0.15) is 4.68 Å². The quantitative estimate of drug-likeness (QED) is 0.128. The van der Waals surface area contributed by atoms with Crippen molar-refractivity contribution in [2.75, 3.05) is 76.6 Å². The lowest BCUT2D eigenvalue weighted by Gasteiger charge is -2.21. The Morgan fingerprint density at radius 3 is 2.18 bits per heavy atom. The number of hydrogen-bond acceptors (Lipinski definition) is 12. The summed E-state index contributed by atoms with van der Waals surface area (Å²) in [6, 6.07) is 11.4. The second-order valence-electron chi connectivity index (χ2n) is 9.94. The van der Waals surface area contributed by atoms with Gasteiger partial charge in [0.1, 0.15) is 23.9 Å². The summed E-state index contributed by atoms with van der Waals surface area (Å²) in [6.45, 7) is 5.63. The van der Waals surface area contributed by atoms with Gasteiger partial charge in [0.2, 0.25) is 11.8 Å². The number of amides is 3. The van der Waals surface area contributed by atoms with Crippen molar-refractivity contribution in [3.63, 3.8) is 0 Å². The molecule has 3 amide bonds. The maximum atomic E-state index is 13.2. The van der Waals surface area contributed by atoms with Crippen molar-refractivity contribution in [1.29, 1.82) is 0 Å². The fraction of sp³-hybridized carbons (Fsp3) is 0.467. The second kappa shape index (κ2) is 17.8. The van der Waals surface area contributed by atoms with Crippen LogP contribution in [0.2, 0.25) is 0 Å². The zero-order valence-electron chi connectivity index (χ0n) is 25.1. The van der Waals surface area contributed by atoms with Crippen molar-refractivity contribution in [3.8, 4) is 5.75 Å². The van der Waals surface area contributed by atoms with E-state index in [4.69, 9.17) is 23.7 Å². The average Bonchev–Trinajstić information content (AvgIpc) is 3.02. The molecule has 242 valence electrons. The van der Waals surface area contributed by atoms with Crippen molar-refractivity contribution in [2.24, 2.45) is 0 Å². The predicted octanol–water partition coefficient (Wildman–Crippen LogP) is 1.28. The number of benzene rings is 2. The highest BCUT2D eigenvalue weighted by Crippen LogP contribution is 2.20. The predicted molar refractivity (Wildman–Crippen MR) is 163 cm³/mol. The Kier molecular flexibility index (Phi) is 13.2. The molecule has 1 aromatic heterocycles. The monoisotopic (exact) mass is 626 g/mol. The van der Waals surface area contributed by atoms with Crippen LogP contribution in [-0.4, -0.2) is 98.7 Å². The SMILES string of the molecule is CC(=O)Nc1ccc(OCCOCCOCCOCCOCCNc2cccc3nnn(C4CCC(=O)NC4=O)c(=O)c23)cc1. The lowest BCUT2D eigenvalue weighted by atomic mass is 10.1. The molecule has 45 heavy (non-hydrogen) atoms. The maximum absolute atomic E-state index is 13.2. The van der Waals surface area contributed by atoms with E-state index in [-0.39, 0.29) is 24.7 Å². The van der Waals surface area contributed by atoms with E-state index >= 15 is 0 Å². The molecule has 3 N–H and O–H groups in total. The van der Waals surface area contributed by atoms with Crippen LogP contribution in [0.3, 0.4) is 0 Å². The van der Waals surface area contributed by atoms with Crippen molar-refractivity contribution in [1.82, 2.24) is 20.3 Å². The van der Waals surface area contributed by atoms with Crippen LogP contribution in [0.1, 0.15) is 25.8 Å². The average molecular weight is 627 g/mol. The summed E-state index contributed by atoms with van der Waals surface area (Å²) in [4.78, 5) is 48.0. The van der Waals surface area contributed by atoms with E-state index in [1.807, 2.05) is 0 Å². The number of nitrogens with one attached hydrogen (secondary N) is 3. The van der Waals surface area contributed by atoms with E-state index in [9.17, 15) is 19.2 Å². The minimum absolute atomic E-state index is 0.122. The van der Waals surface area contributed by atoms with E-state index in [0.29, 0.717) is 94.0 Å². The third-order valence-corrected chi connectivity index (χ3v) is 6.57. The van der Waals surface area contributed by atoms with Crippen LogP contribution >= 0.6 is 0 Å². The summed E-state index contributed by atoms with van der Waals surface area (Å²) in [5, 5.41) is 16.5. The fourth-order valence-corrected chi connectivity index (χ4v) is 4.44. The first-order valence-electron chi connectivity index (χ1n) is 14.7. The van der Waals surface area contributed by atoms with Gasteiger partial charge in [0, 0.05) is 31.3 Å². The molecular formula is C30H38N6O9. The number of aromatic nitrogens is 3. The van der Waals surface area contributed by atoms with Crippen molar-refractivity contribution in [3.05, 3.63) is 52.8 Å². The molecule has 0 spiro atoms. The number of ether oxygens (including phenoxy) is 5. The topological polar surface area (TPSA) is 181 Å². The summed E-state index contributed by atoms with van der Waals surface area (Å²) in [5.41, 5.74) is 1.20. The number of piperidine rings is 1. The van der Waals surface area contributed by atoms with Gasteiger partial charge in [-0.3, -0.25) is 24.5 Å². The molecule has 0 aliphatic carbocycles. The zero-order valence-corrected chi connectivity index (χ0v) is 25.1. The lowest BCUT2D eigenvalue weighted by Crippen LogP contribution is -2.45. The molecule has 15 nitrogen and oxygen atoms in total. The first-order valence-corrected chi connectivity index (χ1v) is 14.7. The summed E-state index contributed by atoms with van der Waals surface area (Å²) >= 11 is 0. The van der Waals surface area contributed by atoms with Crippen LogP contribution in [-0.2, 0) is 33.3 Å². The van der Waals surface area contributed by atoms with Crippen LogP contribution in [0.15, 0.2) is 47.3 Å². The number of nitrogens with zero attached hydrogens (tertiary/aromatic N) is 3. The van der Waals surface area contributed by atoms with Gasteiger partial charge >= 0.3 is 0 Å². The molecule has 1 aliphatic heterocycles. The van der Waals surface area contributed by atoms with Gasteiger partial charge in [-0.05, 0) is 42.8 Å². The van der Waals surface area contributed by atoms with Crippen LogP contribution in [0.4, 0.5) is 11.4 Å². The van der Waals surface area contributed by atoms with Crippen molar-refractivity contribution >= 4 is 40.0 Å². The van der Waals surface area contributed by atoms with Gasteiger partial charge in [0.15, 0.2) is 0 Å². The van der Waals surface area contributed by atoms with Gasteiger partial charge in [-0.1, -0.05) is 11.3 Å². The van der Waals surface area contributed by atoms with Crippen LogP contribution in [0.25, 0.3) is 10.9 Å². The number of carbonyl (C=O) groups is 3. The first-order chi connectivity index (χ1) is 21.9. The standard InChI is InChI=1S/C30H38N6O9/c1-21(37)32-22-5-7-23(8-6-22)45-20-19-44-18-17-43-16-15-42-14-13-41-12-11-31-24-3-2-4-25-28(24)30(40)36(35-34-25)26-9-10-27(38)33-29(26)39/h2-8,26,31H,9-20H2,1H3,(H,32,37)(H,33,38,39). The molecule has 1 unspecified atom stereocenters. The minimum Gasteiger partial charge on any atom is -0.491 e. The number of anilines is 2. The number of rotatable bonds is 19. The summed E-state index contributed by atoms with van der Waals surface area (Å²) in [5.74, 6) is -0.362. The molecule has 1 fully saturated rings. The van der Waals surface area contributed by atoms with Crippen LogP contribution in [0.5, 0.6) is 5.75 Å². The Morgan fingerprint density at radius 2 is 1.53 bits per heavy atom. The van der Waals surface area contributed by atoms with Gasteiger partial charge in [0.05, 0.1) is 58.2 Å².